The second-order valence-corrected chi connectivity index (χ2v) is 15.6. The maximum atomic E-state index is 14.1. The second-order valence-electron chi connectivity index (χ2n) is 12.7. The van der Waals surface area contributed by atoms with Gasteiger partial charge >= 0.3 is 0 Å². The van der Waals surface area contributed by atoms with Gasteiger partial charge in [0.05, 0.1) is 27.7 Å². The van der Waals surface area contributed by atoms with Gasteiger partial charge in [-0.2, -0.15) is 0 Å². The third kappa shape index (κ3) is 6.67. The van der Waals surface area contributed by atoms with E-state index in [1.807, 2.05) is 47.8 Å². The minimum atomic E-state index is -3.88. The van der Waals surface area contributed by atoms with E-state index in [0.29, 0.717) is 29.6 Å². The summed E-state index contributed by atoms with van der Waals surface area (Å²) in [5.41, 5.74) is 1.00. The van der Waals surface area contributed by atoms with Gasteiger partial charge in [-0.1, -0.05) is 54.6 Å². The molecule has 4 aromatic rings. The summed E-state index contributed by atoms with van der Waals surface area (Å²) < 4.78 is 33.8. The lowest BCUT2D eigenvalue weighted by atomic mass is 10.1. The first-order valence-corrected chi connectivity index (χ1v) is 18.5. The van der Waals surface area contributed by atoms with E-state index in [1.165, 1.54) is 22.3 Å². The van der Waals surface area contributed by atoms with Crippen LogP contribution in [0.25, 0.3) is 21.6 Å². The van der Waals surface area contributed by atoms with E-state index in [4.69, 9.17) is 14.7 Å². The summed E-state index contributed by atoms with van der Waals surface area (Å²) >= 11 is 1.47. The number of carbonyl (C=O) groups is 3. The molecular weight excluding hydrogens is 667 g/mol. The number of amides is 3. The lowest BCUT2D eigenvalue weighted by molar-refractivity contribution is -0.145. The Morgan fingerprint density at radius 1 is 1.06 bits per heavy atom. The summed E-state index contributed by atoms with van der Waals surface area (Å²) in [7, 11) is -3.88. The zero-order chi connectivity index (χ0) is 34.3. The minimum Gasteiger partial charge on any atom is -0.471 e. The molecule has 0 unspecified atom stereocenters. The molecule has 5 atom stereocenters. The summed E-state index contributed by atoms with van der Waals surface area (Å²) in [4.78, 5) is 52.9. The first kappa shape index (κ1) is 32.9. The molecule has 49 heavy (non-hydrogen) atoms. The molecule has 1 saturated heterocycles. The van der Waals surface area contributed by atoms with Crippen LogP contribution in [0.1, 0.15) is 31.2 Å². The zero-order valence-corrected chi connectivity index (χ0v) is 28.0. The first-order chi connectivity index (χ1) is 23.6. The van der Waals surface area contributed by atoms with Crippen LogP contribution < -0.4 is 14.8 Å². The quantitative estimate of drug-likeness (QED) is 0.188. The van der Waals surface area contributed by atoms with Crippen LogP contribution in [-0.4, -0.2) is 81.7 Å². The van der Waals surface area contributed by atoms with Gasteiger partial charge < -0.3 is 20.1 Å². The molecule has 2 aromatic heterocycles. The van der Waals surface area contributed by atoms with E-state index in [9.17, 15) is 27.9 Å². The number of hydrogen-bond donors (Lipinski definition) is 3. The van der Waals surface area contributed by atoms with E-state index in [2.05, 4.69) is 16.6 Å². The third-order valence-corrected chi connectivity index (χ3v) is 11.9. The van der Waals surface area contributed by atoms with Crippen molar-refractivity contribution in [2.24, 2.45) is 5.92 Å². The molecule has 3 fully saturated rings. The Morgan fingerprint density at radius 2 is 1.78 bits per heavy atom. The molecule has 3 N–H and O–H groups in total. The normalized spacial score (nSPS) is 23.9. The standard InChI is InChI=1S/C35H35N5O7S2/c1-2-22-19-35(22,34(44)39-49(45,46)24-14-15-24)38-31(42)27-18-23(20-40(27)33(43)28(41)17-21-9-4-3-5-10-21)47-32-30(29-13-8-16-48-29)36-25-11-6-7-12-26(25)37-32/h2-13,16,22-24,27-28,41H,1,14-15,17-20H2,(H,38,42)(H,39,44)/t22-,23-,27+,28+,35-/m1/s1. The predicted molar refractivity (Wildman–Crippen MR) is 183 cm³/mol. The summed E-state index contributed by atoms with van der Waals surface area (Å²) in [6.07, 6.45) is 0.448. The Bertz CT molecular complexity index is 2020. The molecule has 12 nitrogen and oxygen atoms in total. The van der Waals surface area contributed by atoms with Crippen LogP contribution in [0.3, 0.4) is 0 Å². The van der Waals surface area contributed by atoms with Crippen molar-refractivity contribution in [2.75, 3.05) is 6.54 Å². The number of nitrogens with one attached hydrogen (secondary N) is 2. The highest BCUT2D eigenvalue weighted by atomic mass is 32.2. The number of aliphatic hydroxyl groups is 1. The first-order valence-electron chi connectivity index (χ1n) is 16.1. The highest BCUT2D eigenvalue weighted by Gasteiger charge is 2.62. The minimum absolute atomic E-state index is 0.0187. The van der Waals surface area contributed by atoms with Gasteiger partial charge in [-0.25, -0.2) is 18.4 Å². The van der Waals surface area contributed by atoms with Gasteiger partial charge in [0.15, 0.2) is 0 Å². The number of ether oxygens (including phenoxy) is 1. The number of para-hydroxylation sites is 2. The number of aromatic nitrogens is 2. The van der Waals surface area contributed by atoms with Crippen LogP contribution in [0.2, 0.25) is 0 Å². The second kappa shape index (κ2) is 13.0. The SMILES string of the molecule is C=C[C@@H]1C[C@]1(NC(=O)[C@@H]1C[C@@H](Oc2nc3ccccc3nc2-c2cccs2)CN1C(=O)[C@@H](O)Cc1ccccc1)C(=O)NS(=O)(=O)C1CC1. The fourth-order valence-corrected chi connectivity index (χ4v) is 8.38. The number of fused-ring (bicyclic) bond motifs is 1. The van der Waals surface area contributed by atoms with Crippen molar-refractivity contribution in [3.8, 4) is 16.5 Å². The molecule has 3 heterocycles. The Labute approximate surface area is 287 Å². The topological polar surface area (TPSA) is 168 Å². The van der Waals surface area contributed by atoms with Crippen molar-refractivity contribution in [3.63, 3.8) is 0 Å². The summed E-state index contributed by atoms with van der Waals surface area (Å²) in [6, 6.07) is 19.0. The average molecular weight is 702 g/mol. The summed E-state index contributed by atoms with van der Waals surface area (Å²) in [6.45, 7) is 3.70. The smallest absolute Gasteiger partial charge is 0.259 e. The number of hydrogen-bond acceptors (Lipinski definition) is 10. The maximum Gasteiger partial charge on any atom is 0.259 e. The number of likely N-dealkylation sites (tertiary alicyclic amines) is 1. The van der Waals surface area contributed by atoms with E-state index < -0.39 is 62.7 Å². The number of carbonyl (C=O) groups excluding carboxylic acids is 3. The molecule has 3 aliphatic rings. The van der Waals surface area contributed by atoms with Crippen LogP contribution in [0, 0.1) is 5.92 Å². The van der Waals surface area contributed by atoms with E-state index >= 15 is 0 Å². The average Bonchev–Trinajstić information content (AvgIpc) is 3.97. The van der Waals surface area contributed by atoms with Crippen LogP contribution in [0.5, 0.6) is 5.88 Å². The molecule has 7 rings (SSSR count). The molecule has 14 heteroatoms. The molecule has 0 radical (unpaired) electrons. The van der Waals surface area contributed by atoms with Gasteiger partial charge in [0.2, 0.25) is 21.8 Å². The van der Waals surface area contributed by atoms with Gasteiger partial charge in [0.1, 0.15) is 29.5 Å². The monoisotopic (exact) mass is 701 g/mol. The summed E-state index contributed by atoms with van der Waals surface area (Å²) in [5, 5.41) is 15.1. The predicted octanol–water partition coefficient (Wildman–Crippen LogP) is 2.98. The fourth-order valence-electron chi connectivity index (χ4n) is 6.31. The van der Waals surface area contributed by atoms with Gasteiger partial charge in [-0.3, -0.25) is 19.1 Å². The van der Waals surface area contributed by atoms with Crippen LogP contribution in [0.15, 0.2) is 84.8 Å². The summed E-state index contributed by atoms with van der Waals surface area (Å²) in [5.74, 6) is -2.45. The molecule has 0 bridgehead atoms. The van der Waals surface area contributed by atoms with Crippen molar-refractivity contribution in [2.45, 2.75) is 61.1 Å². The Balaban J connectivity index is 1.17. The van der Waals surface area contributed by atoms with Gasteiger partial charge in [-0.05, 0) is 48.4 Å². The number of rotatable bonds is 12. The number of sulfonamides is 1. The highest BCUT2D eigenvalue weighted by Crippen LogP contribution is 2.45. The lowest BCUT2D eigenvalue weighted by Gasteiger charge is -2.28. The zero-order valence-electron chi connectivity index (χ0n) is 26.4. The van der Waals surface area contributed by atoms with Crippen molar-refractivity contribution in [1.82, 2.24) is 24.9 Å². The van der Waals surface area contributed by atoms with Gasteiger partial charge in [-0.15, -0.1) is 17.9 Å². The molecule has 2 aromatic carbocycles. The molecule has 0 spiro atoms. The van der Waals surface area contributed by atoms with Crippen LogP contribution >= 0.6 is 11.3 Å². The largest absolute Gasteiger partial charge is 0.471 e. The maximum absolute atomic E-state index is 14.1. The highest BCUT2D eigenvalue weighted by molar-refractivity contribution is 7.91. The molecular formula is C35H35N5O7S2. The van der Waals surface area contributed by atoms with Gasteiger partial charge in [0.25, 0.3) is 11.8 Å². The van der Waals surface area contributed by atoms with Crippen LogP contribution in [-0.2, 0) is 30.8 Å². The van der Waals surface area contributed by atoms with Gasteiger partial charge in [0, 0.05) is 18.8 Å². The van der Waals surface area contributed by atoms with Crippen molar-refractivity contribution in [1.29, 1.82) is 0 Å². The van der Waals surface area contributed by atoms with Crippen LogP contribution in [0.4, 0.5) is 0 Å². The number of aliphatic hydroxyl groups excluding tert-OH is 1. The molecule has 254 valence electrons. The third-order valence-electron chi connectivity index (χ3n) is 9.23. The lowest BCUT2D eigenvalue weighted by Crippen LogP contribution is -2.57. The molecule has 1 aliphatic heterocycles. The molecule has 2 aliphatic carbocycles. The Hall–Kier alpha value is -4.66. The molecule has 3 amide bonds. The Kier molecular flexibility index (Phi) is 8.71. The fraction of sp³-hybridized carbons (Fsp3) is 0.343. The number of thiophene rings is 1. The molecule has 2 saturated carbocycles. The van der Waals surface area contributed by atoms with Crippen molar-refractivity contribution in [3.05, 3.63) is 90.3 Å². The Morgan fingerprint density at radius 3 is 2.43 bits per heavy atom. The van der Waals surface area contributed by atoms with E-state index in [1.54, 1.807) is 24.3 Å². The van der Waals surface area contributed by atoms with E-state index in [0.717, 1.165) is 10.4 Å². The van der Waals surface area contributed by atoms with E-state index in [-0.39, 0.29) is 31.7 Å². The van der Waals surface area contributed by atoms with Crippen molar-refractivity contribution < 1.29 is 32.6 Å². The number of nitrogens with zero attached hydrogens (tertiary/aromatic N) is 3. The van der Waals surface area contributed by atoms with Crippen molar-refractivity contribution >= 4 is 50.1 Å². The number of benzene rings is 2.